The van der Waals surface area contributed by atoms with E-state index in [4.69, 9.17) is 0 Å². The van der Waals surface area contributed by atoms with E-state index in [2.05, 4.69) is 39.6 Å². The molecule has 0 aliphatic heterocycles. The average Bonchev–Trinajstić information content (AvgIpc) is 3.41. The maximum absolute atomic E-state index is 12.6. The molecule has 1 aliphatic rings. The van der Waals surface area contributed by atoms with Gasteiger partial charge in [0.1, 0.15) is 5.52 Å². The molecule has 4 nitrogen and oxygen atoms in total. The molecule has 1 N–H and O–H groups in total. The number of fused-ring (bicyclic) bond motifs is 1. The second-order valence-electron chi connectivity index (χ2n) is 6.06. The lowest BCUT2D eigenvalue weighted by atomic mass is 9.96. The minimum absolute atomic E-state index is 0.0849. The van der Waals surface area contributed by atoms with E-state index in [1.807, 2.05) is 18.2 Å². The molecule has 1 heterocycles. The number of para-hydroxylation sites is 1. The van der Waals surface area contributed by atoms with Crippen LogP contribution in [0.1, 0.15) is 28.8 Å². The molecule has 2 aromatic carbocycles. The van der Waals surface area contributed by atoms with Crippen molar-refractivity contribution in [2.24, 2.45) is 0 Å². The number of carbonyl (C=O) groups is 1. The quantitative estimate of drug-likeness (QED) is 0.806. The molecule has 1 fully saturated rings. The summed E-state index contributed by atoms with van der Waals surface area (Å²) in [4.78, 5) is 21.1. The van der Waals surface area contributed by atoms with Gasteiger partial charge < -0.3 is 5.32 Å². The monoisotopic (exact) mass is 303 g/mol. The molecule has 23 heavy (non-hydrogen) atoms. The summed E-state index contributed by atoms with van der Waals surface area (Å²) < 4.78 is 0. The maximum atomic E-state index is 12.6. The molecule has 4 rings (SSSR count). The first kappa shape index (κ1) is 13.9. The molecule has 1 aliphatic carbocycles. The van der Waals surface area contributed by atoms with Crippen LogP contribution in [0.4, 0.5) is 0 Å². The zero-order chi connectivity index (χ0) is 15.7. The second-order valence-corrected chi connectivity index (χ2v) is 6.06. The Labute approximate surface area is 134 Å². The Morgan fingerprint density at radius 1 is 1.00 bits per heavy atom. The van der Waals surface area contributed by atoms with Crippen LogP contribution < -0.4 is 5.32 Å². The van der Waals surface area contributed by atoms with Crippen molar-refractivity contribution in [3.63, 3.8) is 0 Å². The van der Waals surface area contributed by atoms with Crippen molar-refractivity contribution in [1.29, 1.82) is 0 Å². The molecular formula is C19H17N3O. The Kier molecular flexibility index (Phi) is 3.30. The highest BCUT2D eigenvalue weighted by molar-refractivity contribution is 6.04. The third-order valence-electron chi connectivity index (χ3n) is 4.57. The van der Waals surface area contributed by atoms with E-state index in [-0.39, 0.29) is 11.3 Å². The second kappa shape index (κ2) is 5.47. The summed E-state index contributed by atoms with van der Waals surface area (Å²) >= 11 is 0. The topological polar surface area (TPSA) is 54.9 Å². The molecule has 114 valence electrons. The van der Waals surface area contributed by atoms with E-state index in [1.54, 1.807) is 18.5 Å². The van der Waals surface area contributed by atoms with Crippen molar-refractivity contribution in [2.75, 3.05) is 6.54 Å². The molecule has 0 saturated heterocycles. The van der Waals surface area contributed by atoms with E-state index >= 15 is 0 Å². The molecule has 0 unspecified atom stereocenters. The number of benzene rings is 2. The Morgan fingerprint density at radius 3 is 2.57 bits per heavy atom. The van der Waals surface area contributed by atoms with Crippen LogP contribution >= 0.6 is 0 Å². The largest absolute Gasteiger partial charge is 0.351 e. The predicted molar refractivity (Wildman–Crippen MR) is 89.2 cm³/mol. The van der Waals surface area contributed by atoms with Crippen LogP contribution in [0, 0.1) is 0 Å². The van der Waals surface area contributed by atoms with Crippen molar-refractivity contribution < 1.29 is 4.79 Å². The van der Waals surface area contributed by atoms with Crippen molar-refractivity contribution in [3.8, 4) is 0 Å². The van der Waals surface area contributed by atoms with E-state index < -0.39 is 0 Å². The van der Waals surface area contributed by atoms with Gasteiger partial charge in [-0.25, -0.2) is 0 Å². The van der Waals surface area contributed by atoms with E-state index in [1.165, 1.54) is 5.56 Å². The van der Waals surface area contributed by atoms with Gasteiger partial charge in [-0.15, -0.1) is 0 Å². The summed E-state index contributed by atoms with van der Waals surface area (Å²) in [6.45, 7) is 0.659. The fourth-order valence-electron chi connectivity index (χ4n) is 3.03. The van der Waals surface area contributed by atoms with Crippen LogP contribution in [0.15, 0.2) is 60.9 Å². The van der Waals surface area contributed by atoms with Gasteiger partial charge in [-0.2, -0.15) is 0 Å². The first-order valence-electron chi connectivity index (χ1n) is 7.82. The number of amides is 1. The average molecular weight is 303 g/mol. The summed E-state index contributed by atoms with van der Waals surface area (Å²) in [6, 6.07) is 15.9. The third-order valence-corrected chi connectivity index (χ3v) is 4.57. The Bertz CT molecular complexity index is 851. The van der Waals surface area contributed by atoms with Crippen molar-refractivity contribution in [1.82, 2.24) is 15.3 Å². The highest BCUT2D eigenvalue weighted by Gasteiger charge is 2.44. The highest BCUT2D eigenvalue weighted by atomic mass is 16.1. The molecule has 0 spiro atoms. The van der Waals surface area contributed by atoms with Gasteiger partial charge in [0.15, 0.2) is 0 Å². The minimum Gasteiger partial charge on any atom is -0.351 e. The first-order valence-corrected chi connectivity index (χ1v) is 7.82. The molecule has 4 heteroatoms. The Balaban J connectivity index is 1.54. The summed E-state index contributed by atoms with van der Waals surface area (Å²) in [6.07, 6.45) is 5.49. The predicted octanol–water partition coefficient (Wildman–Crippen LogP) is 3.09. The maximum Gasteiger partial charge on any atom is 0.253 e. The van der Waals surface area contributed by atoms with Crippen LogP contribution in [0.25, 0.3) is 11.0 Å². The molecule has 0 bridgehead atoms. The highest BCUT2D eigenvalue weighted by Crippen LogP contribution is 2.47. The van der Waals surface area contributed by atoms with Gasteiger partial charge in [-0.1, -0.05) is 36.4 Å². The summed E-state index contributed by atoms with van der Waals surface area (Å²) in [5.41, 5.74) is 3.38. The van der Waals surface area contributed by atoms with Gasteiger partial charge in [0.2, 0.25) is 0 Å². The minimum atomic E-state index is -0.0849. The number of hydrogen-bond donors (Lipinski definition) is 1. The lowest BCUT2D eigenvalue weighted by Gasteiger charge is -2.16. The Hall–Kier alpha value is -2.75. The molecule has 1 aromatic heterocycles. The van der Waals surface area contributed by atoms with Crippen LogP contribution in [-0.2, 0) is 5.41 Å². The molecular weight excluding hydrogens is 286 g/mol. The van der Waals surface area contributed by atoms with Crippen molar-refractivity contribution >= 4 is 16.9 Å². The third kappa shape index (κ3) is 2.57. The fourth-order valence-corrected chi connectivity index (χ4v) is 3.03. The number of rotatable bonds is 4. The lowest BCUT2D eigenvalue weighted by Crippen LogP contribution is -2.32. The van der Waals surface area contributed by atoms with Crippen LogP contribution in [-0.4, -0.2) is 22.4 Å². The van der Waals surface area contributed by atoms with Gasteiger partial charge in [0.05, 0.1) is 11.1 Å². The smallest absolute Gasteiger partial charge is 0.253 e. The SMILES string of the molecule is O=C(NCC1(c2ccccc2)CC1)c1cccc2nccnc12. The lowest BCUT2D eigenvalue weighted by molar-refractivity contribution is 0.0951. The van der Waals surface area contributed by atoms with Crippen LogP contribution in [0.3, 0.4) is 0 Å². The molecule has 3 aromatic rings. The number of aromatic nitrogens is 2. The molecule has 1 amide bonds. The normalized spacial score (nSPS) is 15.3. The van der Waals surface area contributed by atoms with E-state index in [0.29, 0.717) is 17.6 Å². The van der Waals surface area contributed by atoms with E-state index in [9.17, 15) is 4.79 Å². The van der Waals surface area contributed by atoms with Gasteiger partial charge in [-0.05, 0) is 30.5 Å². The van der Waals surface area contributed by atoms with Gasteiger partial charge >= 0.3 is 0 Å². The van der Waals surface area contributed by atoms with Gasteiger partial charge in [-0.3, -0.25) is 14.8 Å². The van der Waals surface area contributed by atoms with Gasteiger partial charge in [0, 0.05) is 24.4 Å². The summed E-state index contributed by atoms with van der Waals surface area (Å²) in [5.74, 6) is -0.0849. The molecule has 1 saturated carbocycles. The first-order chi connectivity index (χ1) is 11.3. The molecule has 0 atom stereocenters. The van der Waals surface area contributed by atoms with Crippen LogP contribution in [0.5, 0.6) is 0 Å². The summed E-state index contributed by atoms with van der Waals surface area (Å²) in [5, 5.41) is 3.09. The fraction of sp³-hybridized carbons (Fsp3) is 0.211. The summed E-state index contributed by atoms with van der Waals surface area (Å²) in [7, 11) is 0. The van der Waals surface area contributed by atoms with Crippen molar-refractivity contribution in [3.05, 3.63) is 72.1 Å². The number of nitrogens with zero attached hydrogens (tertiary/aromatic N) is 2. The van der Waals surface area contributed by atoms with Crippen molar-refractivity contribution in [2.45, 2.75) is 18.3 Å². The Morgan fingerprint density at radius 2 is 1.78 bits per heavy atom. The number of hydrogen-bond acceptors (Lipinski definition) is 3. The zero-order valence-corrected chi connectivity index (χ0v) is 12.7. The molecule has 0 radical (unpaired) electrons. The number of carbonyl (C=O) groups excluding carboxylic acids is 1. The number of nitrogens with one attached hydrogen (secondary N) is 1. The van der Waals surface area contributed by atoms with Crippen LogP contribution in [0.2, 0.25) is 0 Å². The van der Waals surface area contributed by atoms with E-state index in [0.717, 1.165) is 18.4 Å². The zero-order valence-electron chi connectivity index (χ0n) is 12.7. The standard InChI is InChI=1S/C19H17N3O/c23-18(15-7-4-8-16-17(15)21-12-11-20-16)22-13-19(9-10-19)14-5-2-1-3-6-14/h1-8,11-12H,9-10,13H2,(H,22,23). The van der Waals surface area contributed by atoms with Gasteiger partial charge in [0.25, 0.3) is 5.91 Å².